The maximum atomic E-state index is 11.5. The van der Waals surface area contributed by atoms with Gasteiger partial charge in [-0.1, -0.05) is 20.8 Å². The molecule has 0 radical (unpaired) electrons. The van der Waals surface area contributed by atoms with E-state index in [1.165, 1.54) is 6.92 Å². The maximum Gasteiger partial charge on any atom is 0.238 e. The van der Waals surface area contributed by atoms with Crippen LogP contribution in [-0.2, 0) is 14.6 Å². The number of aliphatic hydroxyl groups is 1. The molecule has 1 amide bonds. The summed E-state index contributed by atoms with van der Waals surface area (Å²) >= 11 is 0. The van der Waals surface area contributed by atoms with Crippen molar-refractivity contribution in [2.45, 2.75) is 45.5 Å². The van der Waals surface area contributed by atoms with Crippen LogP contribution in [-0.4, -0.2) is 43.6 Å². The molecule has 0 saturated heterocycles. The molecular formula is C11H23NO4S. The predicted molar refractivity (Wildman–Crippen MR) is 67.4 cm³/mol. The predicted octanol–water partition coefficient (Wildman–Crippen LogP) is 0.333. The summed E-state index contributed by atoms with van der Waals surface area (Å²) < 4.78 is 22.2. The number of sulfone groups is 1. The monoisotopic (exact) mass is 265 g/mol. The third-order valence-electron chi connectivity index (χ3n) is 2.37. The Morgan fingerprint density at radius 1 is 1.35 bits per heavy atom. The van der Waals surface area contributed by atoms with Crippen LogP contribution in [0.3, 0.4) is 0 Å². The van der Waals surface area contributed by atoms with Crippen molar-refractivity contribution in [1.29, 1.82) is 0 Å². The van der Waals surface area contributed by atoms with Gasteiger partial charge in [0.25, 0.3) is 0 Å². The SMILES string of the molecule is CC(C(=O)NCC(O)CC(C)(C)C)S(C)(=O)=O. The van der Waals surface area contributed by atoms with Gasteiger partial charge in [-0.15, -0.1) is 0 Å². The molecule has 0 aromatic rings. The van der Waals surface area contributed by atoms with Gasteiger partial charge in [0, 0.05) is 12.8 Å². The van der Waals surface area contributed by atoms with Crippen molar-refractivity contribution in [3.63, 3.8) is 0 Å². The van der Waals surface area contributed by atoms with Crippen molar-refractivity contribution in [3.05, 3.63) is 0 Å². The van der Waals surface area contributed by atoms with Crippen LogP contribution in [0.1, 0.15) is 34.1 Å². The van der Waals surface area contributed by atoms with Crippen LogP contribution in [0.4, 0.5) is 0 Å². The van der Waals surface area contributed by atoms with Crippen LogP contribution in [0.15, 0.2) is 0 Å². The fourth-order valence-corrected chi connectivity index (χ4v) is 1.81. The van der Waals surface area contributed by atoms with Gasteiger partial charge in [0.2, 0.25) is 5.91 Å². The van der Waals surface area contributed by atoms with E-state index in [4.69, 9.17) is 0 Å². The molecule has 0 rings (SSSR count). The normalized spacial score (nSPS) is 16.4. The second kappa shape index (κ2) is 5.82. The largest absolute Gasteiger partial charge is 0.391 e. The minimum atomic E-state index is -3.38. The summed E-state index contributed by atoms with van der Waals surface area (Å²) in [5.41, 5.74) is -0.0351. The van der Waals surface area contributed by atoms with Gasteiger partial charge in [0.15, 0.2) is 9.84 Å². The van der Waals surface area contributed by atoms with Gasteiger partial charge < -0.3 is 10.4 Å². The topological polar surface area (TPSA) is 83.5 Å². The smallest absolute Gasteiger partial charge is 0.238 e. The van der Waals surface area contributed by atoms with Crippen molar-refractivity contribution in [3.8, 4) is 0 Å². The second-order valence-electron chi connectivity index (χ2n) is 5.64. The lowest BCUT2D eigenvalue weighted by atomic mass is 9.89. The van der Waals surface area contributed by atoms with Gasteiger partial charge in [-0.05, 0) is 18.8 Å². The van der Waals surface area contributed by atoms with Crippen LogP contribution >= 0.6 is 0 Å². The lowest BCUT2D eigenvalue weighted by molar-refractivity contribution is -0.121. The highest BCUT2D eigenvalue weighted by molar-refractivity contribution is 7.92. The van der Waals surface area contributed by atoms with E-state index in [1.807, 2.05) is 20.8 Å². The zero-order valence-corrected chi connectivity index (χ0v) is 12.0. The van der Waals surface area contributed by atoms with Crippen LogP contribution in [0, 0.1) is 5.41 Å². The average Bonchev–Trinajstić information content (AvgIpc) is 2.08. The molecule has 0 fully saturated rings. The first-order valence-corrected chi connectivity index (χ1v) is 7.53. The fourth-order valence-electron chi connectivity index (χ4n) is 1.34. The van der Waals surface area contributed by atoms with Crippen LogP contribution in [0.2, 0.25) is 0 Å². The lowest BCUT2D eigenvalue weighted by Gasteiger charge is -2.22. The summed E-state index contributed by atoms with van der Waals surface area (Å²) in [4.78, 5) is 11.5. The minimum Gasteiger partial charge on any atom is -0.391 e. The van der Waals surface area contributed by atoms with Gasteiger partial charge in [-0.2, -0.15) is 0 Å². The quantitative estimate of drug-likeness (QED) is 0.750. The molecule has 2 N–H and O–H groups in total. The van der Waals surface area contributed by atoms with E-state index in [0.29, 0.717) is 6.42 Å². The van der Waals surface area contributed by atoms with Gasteiger partial charge in [0.05, 0.1) is 6.10 Å². The highest BCUT2D eigenvalue weighted by atomic mass is 32.2. The molecule has 102 valence electrons. The number of carbonyl (C=O) groups excluding carboxylic acids is 1. The Morgan fingerprint density at radius 3 is 2.18 bits per heavy atom. The Morgan fingerprint density at radius 2 is 1.82 bits per heavy atom. The summed E-state index contributed by atoms with van der Waals surface area (Å²) in [7, 11) is -3.38. The van der Waals surface area contributed by atoms with Crippen molar-refractivity contribution in [1.82, 2.24) is 5.32 Å². The summed E-state index contributed by atoms with van der Waals surface area (Å²) in [5.74, 6) is -0.569. The molecule has 17 heavy (non-hydrogen) atoms. The van der Waals surface area contributed by atoms with Crippen molar-refractivity contribution >= 4 is 15.7 Å². The molecule has 0 aliphatic heterocycles. The molecule has 2 unspecified atom stereocenters. The standard InChI is InChI=1S/C11H23NO4S/c1-8(17(5,15)16)10(14)12-7-9(13)6-11(2,3)4/h8-9,13H,6-7H2,1-5H3,(H,12,14). The molecule has 0 aliphatic carbocycles. The summed E-state index contributed by atoms with van der Waals surface area (Å²) in [6.07, 6.45) is 0.898. The summed E-state index contributed by atoms with van der Waals surface area (Å²) in [5, 5.41) is 11.0. The van der Waals surface area contributed by atoms with Crippen molar-refractivity contribution < 1.29 is 18.3 Å². The van der Waals surface area contributed by atoms with E-state index >= 15 is 0 Å². The van der Waals surface area contributed by atoms with E-state index in [-0.39, 0.29) is 12.0 Å². The molecule has 0 saturated carbocycles. The first kappa shape index (κ1) is 16.4. The number of aliphatic hydroxyl groups excluding tert-OH is 1. The minimum absolute atomic E-state index is 0.0351. The number of hydrogen-bond acceptors (Lipinski definition) is 4. The highest BCUT2D eigenvalue weighted by Gasteiger charge is 2.24. The van der Waals surface area contributed by atoms with Gasteiger partial charge in [0.1, 0.15) is 5.25 Å². The van der Waals surface area contributed by atoms with E-state index in [0.717, 1.165) is 6.26 Å². The Balaban J connectivity index is 4.18. The number of amides is 1. The van der Waals surface area contributed by atoms with E-state index in [1.54, 1.807) is 0 Å². The maximum absolute atomic E-state index is 11.5. The summed E-state index contributed by atoms with van der Waals surface area (Å²) in [6, 6.07) is 0. The fraction of sp³-hybridized carbons (Fsp3) is 0.909. The van der Waals surface area contributed by atoms with E-state index in [2.05, 4.69) is 5.32 Å². The molecule has 0 aromatic heterocycles. The van der Waals surface area contributed by atoms with Gasteiger partial charge in [-0.3, -0.25) is 4.79 Å². The second-order valence-corrected chi connectivity index (χ2v) is 8.00. The molecule has 5 nitrogen and oxygen atoms in total. The molecule has 0 heterocycles. The van der Waals surface area contributed by atoms with Crippen molar-refractivity contribution in [2.24, 2.45) is 5.41 Å². The zero-order valence-electron chi connectivity index (χ0n) is 11.1. The Kier molecular flexibility index (Phi) is 5.61. The van der Waals surface area contributed by atoms with Crippen LogP contribution in [0.5, 0.6) is 0 Å². The van der Waals surface area contributed by atoms with Crippen LogP contribution < -0.4 is 5.32 Å². The Hall–Kier alpha value is -0.620. The Bertz CT molecular complexity index is 356. The number of hydrogen-bond donors (Lipinski definition) is 2. The average molecular weight is 265 g/mol. The van der Waals surface area contributed by atoms with E-state index < -0.39 is 27.1 Å². The summed E-state index contributed by atoms with van der Waals surface area (Å²) in [6.45, 7) is 7.36. The first-order valence-electron chi connectivity index (χ1n) is 5.58. The molecule has 6 heteroatoms. The zero-order chi connectivity index (χ0) is 13.9. The molecule has 0 spiro atoms. The highest BCUT2D eigenvalue weighted by Crippen LogP contribution is 2.20. The van der Waals surface area contributed by atoms with Gasteiger partial charge >= 0.3 is 0 Å². The molecular weight excluding hydrogens is 242 g/mol. The number of carbonyl (C=O) groups is 1. The third-order valence-corrected chi connectivity index (χ3v) is 3.87. The van der Waals surface area contributed by atoms with E-state index in [9.17, 15) is 18.3 Å². The molecule has 0 bridgehead atoms. The first-order chi connectivity index (χ1) is 7.43. The van der Waals surface area contributed by atoms with Crippen LogP contribution in [0.25, 0.3) is 0 Å². The Labute approximate surface area is 104 Å². The lowest BCUT2D eigenvalue weighted by Crippen LogP contribution is -2.41. The number of rotatable bonds is 5. The molecule has 0 aliphatic rings. The number of nitrogens with one attached hydrogen (secondary N) is 1. The molecule has 2 atom stereocenters. The third kappa shape index (κ3) is 7.33. The molecule has 0 aromatic carbocycles. The van der Waals surface area contributed by atoms with Gasteiger partial charge in [-0.25, -0.2) is 8.42 Å². The van der Waals surface area contributed by atoms with Crippen molar-refractivity contribution in [2.75, 3.05) is 12.8 Å².